The lowest BCUT2D eigenvalue weighted by molar-refractivity contribution is 0.634. The molecular formula is C46H37FN2O. The summed E-state index contributed by atoms with van der Waals surface area (Å²) < 4.78 is 50.7. The van der Waals surface area contributed by atoms with Crippen LogP contribution in [0.15, 0.2) is 126 Å². The minimum Gasteiger partial charge on any atom is -0.455 e. The zero-order chi connectivity index (χ0) is 36.8. The number of benzene rings is 7. The third-order valence-electron chi connectivity index (χ3n) is 10.1. The number of imidazole rings is 1. The SMILES string of the molecule is [2H]C([2H])([2H])c1cccc2nc(-c3ccc(F)c4c3oc3cc5c(ccc6ccccc65)cc34)n(-c3c(C(C)C)cc(-c4ccccc4)cc3C(C)C)c12. The van der Waals surface area contributed by atoms with Crippen molar-refractivity contribution < 1.29 is 12.9 Å². The molecule has 0 saturated carbocycles. The van der Waals surface area contributed by atoms with E-state index in [4.69, 9.17) is 13.5 Å². The van der Waals surface area contributed by atoms with E-state index < -0.39 is 12.7 Å². The van der Waals surface area contributed by atoms with Gasteiger partial charge in [-0.25, -0.2) is 9.37 Å². The van der Waals surface area contributed by atoms with Gasteiger partial charge in [0.1, 0.15) is 22.8 Å². The quantitative estimate of drug-likeness (QED) is 0.173. The Labute approximate surface area is 294 Å². The highest BCUT2D eigenvalue weighted by atomic mass is 19.1. The normalized spacial score (nSPS) is 13.3. The lowest BCUT2D eigenvalue weighted by atomic mass is 9.88. The van der Waals surface area contributed by atoms with E-state index in [9.17, 15) is 0 Å². The van der Waals surface area contributed by atoms with Gasteiger partial charge in [-0.2, -0.15) is 0 Å². The molecule has 0 aliphatic carbocycles. The number of furan rings is 1. The fourth-order valence-electron chi connectivity index (χ4n) is 7.66. The summed E-state index contributed by atoms with van der Waals surface area (Å²) in [6.07, 6.45) is 0. The van der Waals surface area contributed by atoms with Gasteiger partial charge in [0, 0.05) is 9.50 Å². The number of para-hydroxylation sites is 1. The highest BCUT2D eigenvalue weighted by Gasteiger charge is 2.27. The first-order valence-electron chi connectivity index (χ1n) is 18.7. The van der Waals surface area contributed by atoms with E-state index in [2.05, 4.69) is 76.2 Å². The molecular weight excluding hydrogens is 616 g/mol. The predicted molar refractivity (Wildman–Crippen MR) is 207 cm³/mol. The number of halogens is 1. The van der Waals surface area contributed by atoms with Gasteiger partial charge in [0.15, 0.2) is 0 Å². The zero-order valence-electron chi connectivity index (χ0n) is 31.4. The van der Waals surface area contributed by atoms with Crippen molar-refractivity contribution >= 4 is 54.5 Å². The highest BCUT2D eigenvalue weighted by Crippen LogP contribution is 2.44. The average Bonchev–Trinajstić information content (AvgIpc) is 3.72. The monoisotopic (exact) mass is 655 g/mol. The second-order valence-electron chi connectivity index (χ2n) is 13.9. The number of fused-ring (bicyclic) bond motifs is 7. The molecule has 0 amide bonds. The van der Waals surface area contributed by atoms with Crippen molar-refractivity contribution in [3.63, 3.8) is 0 Å². The Morgan fingerprint density at radius 1 is 0.680 bits per heavy atom. The first-order valence-corrected chi connectivity index (χ1v) is 17.2. The van der Waals surface area contributed by atoms with Crippen LogP contribution in [0.25, 0.3) is 82.7 Å². The van der Waals surface area contributed by atoms with Crippen LogP contribution in [0.5, 0.6) is 0 Å². The summed E-state index contributed by atoms with van der Waals surface area (Å²) in [4.78, 5) is 5.19. The number of aromatic nitrogens is 2. The Bertz CT molecular complexity index is 2870. The van der Waals surface area contributed by atoms with Crippen LogP contribution in [0.3, 0.4) is 0 Å². The van der Waals surface area contributed by atoms with E-state index in [-0.39, 0.29) is 17.4 Å². The van der Waals surface area contributed by atoms with E-state index in [0.29, 0.717) is 44.4 Å². The van der Waals surface area contributed by atoms with Crippen LogP contribution in [-0.2, 0) is 0 Å². The summed E-state index contributed by atoms with van der Waals surface area (Å²) in [6.45, 7) is 6.21. The molecule has 2 heterocycles. The van der Waals surface area contributed by atoms with Gasteiger partial charge in [0.25, 0.3) is 0 Å². The van der Waals surface area contributed by atoms with Crippen LogP contribution in [0.1, 0.15) is 60.3 Å². The lowest BCUT2D eigenvalue weighted by Gasteiger charge is -2.24. The van der Waals surface area contributed by atoms with Crippen molar-refractivity contribution in [2.45, 2.75) is 46.4 Å². The third-order valence-corrected chi connectivity index (χ3v) is 10.1. The summed E-state index contributed by atoms with van der Waals surface area (Å²) in [5.74, 6) is 0.231. The highest BCUT2D eigenvalue weighted by molar-refractivity contribution is 6.17. The molecule has 9 aromatic rings. The maximum Gasteiger partial charge on any atom is 0.149 e. The van der Waals surface area contributed by atoms with E-state index in [1.54, 1.807) is 18.2 Å². The van der Waals surface area contributed by atoms with Crippen LogP contribution in [-0.4, -0.2) is 9.55 Å². The number of hydrogen-bond acceptors (Lipinski definition) is 2. The fourth-order valence-corrected chi connectivity index (χ4v) is 7.66. The minimum atomic E-state index is -2.42. The van der Waals surface area contributed by atoms with Crippen molar-refractivity contribution in [1.82, 2.24) is 9.55 Å². The molecule has 0 bridgehead atoms. The first-order chi connectivity index (χ1) is 25.5. The van der Waals surface area contributed by atoms with Crippen LogP contribution >= 0.6 is 0 Å². The summed E-state index contributed by atoms with van der Waals surface area (Å²) >= 11 is 0. The number of hydrogen-bond donors (Lipinski definition) is 0. The first kappa shape index (κ1) is 27.1. The van der Waals surface area contributed by atoms with Crippen LogP contribution in [0, 0.1) is 12.7 Å². The Kier molecular flexibility index (Phi) is 6.19. The van der Waals surface area contributed by atoms with Gasteiger partial charge >= 0.3 is 0 Å². The molecule has 9 rings (SSSR count). The topological polar surface area (TPSA) is 31.0 Å². The van der Waals surface area contributed by atoms with Gasteiger partial charge in [0.2, 0.25) is 0 Å². The molecule has 50 heavy (non-hydrogen) atoms. The summed E-state index contributed by atoms with van der Waals surface area (Å²) in [6, 6.07) is 39.5. The van der Waals surface area contributed by atoms with Crippen LogP contribution in [0.4, 0.5) is 4.39 Å². The smallest absolute Gasteiger partial charge is 0.149 e. The third kappa shape index (κ3) is 4.59. The Morgan fingerprint density at radius 3 is 2.18 bits per heavy atom. The van der Waals surface area contributed by atoms with Crippen molar-refractivity contribution in [2.24, 2.45) is 0 Å². The molecule has 7 aromatic carbocycles. The van der Waals surface area contributed by atoms with Crippen LogP contribution < -0.4 is 0 Å². The Morgan fingerprint density at radius 2 is 1.42 bits per heavy atom. The van der Waals surface area contributed by atoms with Gasteiger partial charge in [-0.1, -0.05) is 107 Å². The number of nitrogens with zero attached hydrogens (tertiary/aromatic N) is 2. The summed E-state index contributed by atoms with van der Waals surface area (Å²) in [5, 5.41) is 5.25. The van der Waals surface area contributed by atoms with Gasteiger partial charge in [-0.05, 0) is 111 Å². The van der Waals surface area contributed by atoms with Crippen molar-refractivity contribution in [1.29, 1.82) is 0 Å². The largest absolute Gasteiger partial charge is 0.455 e. The Hall–Kier alpha value is -5.74. The van der Waals surface area contributed by atoms with Gasteiger partial charge in [-0.3, -0.25) is 4.57 Å². The second kappa shape index (κ2) is 11.4. The van der Waals surface area contributed by atoms with Crippen molar-refractivity contribution in [3.8, 4) is 28.2 Å². The zero-order valence-corrected chi connectivity index (χ0v) is 28.4. The minimum absolute atomic E-state index is 0.0677. The van der Waals surface area contributed by atoms with Gasteiger partial charge < -0.3 is 4.42 Å². The molecule has 0 atom stereocenters. The predicted octanol–water partition coefficient (Wildman–Crippen LogP) is 13.3. The molecule has 4 heteroatoms. The van der Waals surface area contributed by atoms with Crippen molar-refractivity contribution in [2.75, 3.05) is 0 Å². The Balaban J connectivity index is 1.42. The molecule has 0 unspecified atom stereocenters. The molecule has 0 aliphatic rings. The van der Waals surface area contributed by atoms with E-state index in [0.717, 1.165) is 49.5 Å². The molecule has 244 valence electrons. The maximum absolute atomic E-state index is 16.1. The molecule has 0 radical (unpaired) electrons. The molecule has 0 fully saturated rings. The average molecular weight is 656 g/mol. The summed E-state index contributed by atoms with van der Waals surface area (Å²) in [7, 11) is 0. The maximum atomic E-state index is 16.1. The second-order valence-corrected chi connectivity index (χ2v) is 13.9. The number of rotatable bonds is 5. The molecule has 3 nitrogen and oxygen atoms in total. The van der Waals surface area contributed by atoms with Crippen molar-refractivity contribution in [3.05, 3.63) is 144 Å². The standard InChI is InChI=1S/C46H37FN2O/c1-26(2)35-23-32(29-13-7-6-8-14-29)24-36(27(3)4)44(35)49-43-28(5)12-11-17-40(43)48-46(49)34-20-21-39(47)42-38-22-31-19-18-30-15-9-10-16-33(30)37(31)25-41(38)50-45(34)42/h6-27H,1-5H3/i5D3. The molecule has 0 N–H and O–H groups in total. The molecule has 0 aliphatic heterocycles. The van der Waals surface area contributed by atoms with E-state index >= 15 is 4.39 Å². The fraction of sp³-hybridized carbons (Fsp3) is 0.152. The van der Waals surface area contributed by atoms with E-state index in [1.165, 1.54) is 6.07 Å². The molecule has 0 spiro atoms. The van der Waals surface area contributed by atoms with E-state index in [1.807, 2.05) is 53.1 Å². The molecule has 0 saturated heterocycles. The summed E-state index contributed by atoms with van der Waals surface area (Å²) in [5.41, 5.74) is 7.93. The van der Waals surface area contributed by atoms with Gasteiger partial charge in [-0.15, -0.1) is 0 Å². The lowest BCUT2D eigenvalue weighted by Crippen LogP contribution is -2.10. The van der Waals surface area contributed by atoms with Gasteiger partial charge in [0.05, 0.1) is 27.7 Å². The molecule has 2 aromatic heterocycles. The van der Waals surface area contributed by atoms with Crippen LogP contribution in [0.2, 0.25) is 0 Å². The number of aryl methyl sites for hydroxylation is 1.